The number of oxime groups is 1. The van der Waals surface area contributed by atoms with Crippen molar-refractivity contribution in [3.05, 3.63) is 67.7 Å². The molecule has 0 spiro atoms. The van der Waals surface area contributed by atoms with Gasteiger partial charge in [-0.25, -0.2) is 5.06 Å². The van der Waals surface area contributed by atoms with Crippen LogP contribution in [0.4, 0.5) is 13.2 Å². The van der Waals surface area contributed by atoms with Crippen molar-refractivity contribution in [3.63, 3.8) is 0 Å². The minimum absolute atomic E-state index is 0.000334. The number of hydrogen-bond acceptors (Lipinski definition) is 5. The summed E-state index contributed by atoms with van der Waals surface area (Å²) in [4.78, 5) is 35.1. The van der Waals surface area contributed by atoms with Gasteiger partial charge in [-0.2, -0.15) is 13.2 Å². The van der Waals surface area contributed by atoms with Crippen molar-refractivity contribution in [1.29, 1.82) is 0 Å². The van der Waals surface area contributed by atoms with Gasteiger partial charge >= 0.3 is 6.18 Å². The van der Waals surface area contributed by atoms with Crippen molar-refractivity contribution in [3.8, 4) is 0 Å². The summed E-state index contributed by atoms with van der Waals surface area (Å²) in [6.45, 7) is 3.72. The number of rotatable bonds is 5. The van der Waals surface area contributed by atoms with Crippen LogP contribution in [0.25, 0.3) is 0 Å². The van der Waals surface area contributed by atoms with Crippen LogP contribution in [0.3, 0.4) is 0 Å². The molecule has 0 saturated carbocycles. The Morgan fingerprint density at radius 1 is 1.22 bits per heavy atom. The van der Waals surface area contributed by atoms with E-state index in [4.69, 9.17) is 44.5 Å². The van der Waals surface area contributed by atoms with E-state index in [9.17, 15) is 22.8 Å². The van der Waals surface area contributed by atoms with Gasteiger partial charge in [-0.15, -0.1) is 0 Å². The van der Waals surface area contributed by atoms with Crippen molar-refractivity contribution in [2.24, 2.45) is 5.16 Å². The molecule has 0 radical (unpaired) electrons. The van der Waals surface area contributed by atoms with Crippen molar-refractivity contribution >= 4 is 52.3 Å². The number of nitrogens with one attached hydrogen (secondary N) is 1. The minimum Gasteiger partial charge on any atom is -0.374 e. The molecule has 0 aliphatic carbocycles. The zero-order chi connectivity index (χ0) is 26.4. The zero-order valence-electron chi connectivity index (χ0n) is 18.9. The summed E-state index contributed by atoms with van der Waals surface area (Å²) in [5, 5.41) is 6.88. The molecule has 13 heteroatoms. The average Bonchev–Trinajstić information content (AvgIpc) is 3.42. The van der Waals surface area contributed by atoms with E-state index in [1.807, 2.05) is 0 Å². The molecule has 36 heavy (non-hydrogen) atoms. The Kier molecular flexibility index (Phi) is 7.18. The predicted octanol–water partition coefficient (Wildman–Crippen LogP) is 5.43. The summed E-state index contributed by atoms with van der Waals surface area (Å²) in [5.74, 6) is -0.877. The van der Waals surface area contributed by atoms with E-state index in [-0.39, 0.29) is 38.9 Å². The van der Waals surface area contributed by atoms with E-state index in [2.05, 4.69) is 10.5 Å². The fourth-order valence-corrected chi connectivity index (χ4v) is 4.72. The fraction of sp³-hybridized carbons (Fsp3) is 0.348. The lowest BCUT2D eigenvalue weighted by Crippen LogP contribution is -2.43. The number of carbonyl (C=O) groups is 2. The molecule has 2 atom stereocenters. The number of alkyl halides is 3. The quantitative estimate of drug-likeness (QED) is 0.491. The Hall–Kier alpha value is -2.53. The van der Waals surface area contributed by atoms with Crippen LogP contribution in [0.15, 0.2) is 35.5 Å². The molecule has 1 unspecified atom stereocenters. The lowest BCUT2D eigenvalue weighted by Gasteiger charge is -2.30. The van der Waals surface area contributed by atoms with Gasteiger partial charge < -0.3 is 10.2 Å². The summed E-state index contributed by atoms with van der Waals surface area (Å²) in [6.07, 6.45) is -5.57. The summed E-state index contributed by atoms with van der Waals surface area (Å²) in [7, 11) is 0. The molecule has 1 fully saturated rings. The number of likely N-dealkylation sites (N-methyl/N-ethyl adjacent to an activating group) is 1. The first-order chi connectivity index (χ1) is 16.9. The van der Waals surface area contributed by atoms with Gasteiger partial charge in [-0.05, 0) is 43.2 Å². The number of nitrogens with zero attached hydrogens (tertiary/aromatic N) is 2. The lowest BCUT2D eigenvalue weighted by molar-refractivity contribution is -0.275. The second-order valence-corrected chi connectivity index (χ2v) is 9.40. The maximum atomic E-state index is 14.3. The number of amides is 2. The first-order valence-corrected chi connectivity index (χ1v) is 11.8. The van der Waals surface area contributed by atoms with Crippen LogP contribution in [0, 0.1) is 6.92 Å². The smallest absolute Gasteiger partial charge is 0.374 e. The van der Waals surface area contributed by atoms with Gasteiger partial charge in [0.15, 0.2) is 0 Å². The Bertz CT molecular complexity index is 1270. The van der Waals surface area contributed by atoms with Crippen molar-refractivity contribution in [2.45, 2.75) is 38.1 Å². The van der Waals surface area contributed by atoms with Gasteiger partial charge in [0.25, 0.3) is 17.4 Å². The molecule has 2 aliphatic heterocycles. The minimum atomic E-state index is -4.89. The van der Waals surface area contributed by atoms with Crippen molar-refractivity contribution in [2.75, 3.05) is 13.2 Å². The molecule has 0 bridgehead atoms. The van der Waals surface area contributed by atoms with Crippen LogP contribution in [-0.2, 0) is 20.1 Å². The van der Waals surface area contributed by atoms with Crippen molar-refractivity contribution in [1.82, 2.24) is 10.4 Å². The molecule has 4 rings (SSSR count). The topological polar surface area (TPSA) is 80.2 Å². The highest BCUT2D eigenvalue weighted by atomic mass is 35.5. The third kappa shape index (κ3) is 4.51. The number of hydroxylamine groups is 2. The predicted molar refractivity (Wildman–Crippen MR) is 127 cm³/mol. The highest BCUT2D eigenvalue weighted by Crippen LogP contribution is 2.52. The van der Waals surface area contributed by atoms with Crippen LogP contribution >= 0.6 is 34.8 Å². The van der Waals surface area contributed by atoms with Crippen LogP contribution in [0.2, 0.25) is 15.1 Å². The van der Waals surface area contributed by atoms with Crippen LogP contribution < -0.4 is 5.32 Å². The van der Waals surface area contributed by atoms with E-state index in [1.54, 1.807) is 13.8 Å². The third-order valence-corrected chi connectivity index (χ3v) is 7.29. The standard InChI is InChI=1S/C23H19Cl3F3N3O4/c1-3-32-21(34)17(10-35-32)30-20(33)13-5-4-12(8-11(13)2)16-9-22(36-31-16,23(27,28)29)14-6-7-15(24)19(26)18(14)25/h4-8,17H,3,9-10H2,1-2H3,(H,30,33)/t17-,22?/m1/s1. The van der Waals surface area contributed by atoms with Crippen LogP contribution in [0.5, 0.6) is 0 Å². The fourth-order valence-electron chi connectivity index (χ4n) is 4.03. The Balaban J connectivity index is 1.58. The number of aryl methyl sites for hydroxylation is 1. The first kappa shape index (κ1) is 26.5. The monoisotopic (exact) mass is 563 g/mol. The second kappa shape index (κ2) is 9.74. The normalized spacial score (nSPS) is 22.0. The number of carbonyl (C=O) groups excluding carboxylic acids is 2. The molecule has 2 aliphatic rings. The van der Waals surface area contributed by atoms with Crippen molar-refractivity contribution < 1.29 is 32.4 Å². The molecule has 2 aromatic rings. The third-order valence-electron chi connectivity index (χ3n) is 5.99. The van der Waals surface area contributed by atoms with Gasteiger partial charge in [-0.1, -0.05) is 52.1 Å². The highest BCUT2D eigenvalue weighted by molar-refractivity contribution is 6.48. The molecular formula is C23H19Cl3F3N3O4. The Morgan fingerprint density at radius 3 is 2.56 bits per heavy atom. The van der Waals surface area contributed by atoms with Gasteiger partial charge in [0, 0.05) is 17.7 Å². The Labute approximate surface area is 219 Å². The summed E-state index contributed by atoms with van der Waals surface area (Å²) in [5.41, 5.74) is -2.25. The lowest BCUT2D eigenvalue weighted by atomic mass is 9.86. The van der Waals surface area contributed by atoms with Gasteiger partial charge in [0.2, 0.25) is 0 Å². The van der Waals surface area contributed by atoms with E-state index in [0.717, 1.165) is 11.1 Å². The van der Waals surface area contributed by atoms with E-state index in [1.165, 1.54) is 24.3 Å². The van der Waals surface area contributed by atoms with E-state index < -0.39 is 35.7 Å². The molecule has 7 nitrogen and oxygen atoms in total. The maximum Gasteiger partial charge on any atom is 0.435 e. The zero-order valence-corrected chi connectivity index (χ0v) is 21.1. The average molecular weight is 565 g/mol. The molecule has 2 aromatic carbocycles. The van der Waals surface area contributed by atoms with Gasteiger partial charge in [0.1, 0.15) is 12.6 Å². The highest BCUT2D eigenvalue weighted by Gasteiger charge is 2.63. The summed E-state index contributed by atoms with van der Waals surface area (Å²) < 4.78 is 42.9. The van der Waals surface area contributed by atoms with Gasteiger partial charge in [0.05, 0.1) is 27.2 Å². The number of benzene rings is 2. The molecule has 2 amide bonds. The molecule has 1 saturated heterocycles. The summed E-state index contributed by atoms with van der Waals surface area (Å²) in [6, 6.07) is 5.91. The van der Waals surface area contributed by atoms with Crippen LogP contribution in [0.1, 0.15) is 40.4 Å². The number of halogens is 6. The largest absolute Gasteiger partial charge is 0.435 e. The SMILES string of the molecule is CCN1OC[C@@H](NC(=O)c2ccc(C3=NOC(c4ccc(Cl)c(Cl)c4Cl)(C(F)(F)F)C3)cc2C)C1=O. The molecule has 0 aromatic heterocycles. The molecule has 192 valence electrons. The first-order valence-electron chi connectivity index (χ1n) is 10.7. The molecular weight excluding hydrogens is 546 g/mol. The van der Waals surface area contributed by atoms with Crippen LogP contribution in [-0.4, -0.2) is 48.0 Å². The van der Waals surface area contributed by atoms with E-state index >= 15 is 0 Å². The number of hydrogen-bond donors (Lipinski definition) is 1. The second-order valence-electron chi connectivity index (χ2n) is 8.24. The van der Waals surface area contributed by atoms with Gasteiger partial charge in [-0.3, -0.25) is 14.4 Å². The molecule has 1 N–H and O–H groups in total. The summed E-state index contributed by atoms with van der Waals surface area (Å²) >= 11 is 18.0. The Morgan fingerprint density at radius 2 is 1.94 bits per heavy atom. The van der Waals surface area contributed by atoms with E-state index in [0.29, 0.717) is 17.7 Å². The molecule has 2 heterocycles. The maximum absolute atomic E-state index is 14.3.